The largest absolute Gasteiger partial charge is 0.481 e. The highest BCUT2D eigenvalue weighted by Gasteiger charge is 2.38. The quantitative estimate of drug-likeness (QED) is 0.837. The molecule has 0 bridgehead atoms. The minimum absolute atomic E-state index is 0.0522. The zero-order valence-electron chi connectivity index (χ0n) is 9.38. The molecule has 2 nitrogen and oxygen atoms in total. The van der Waals surface area contributed by atoms with Crippen LogP contribution in [0.3, 0.4) is 0 Å². The lowest BCUT2D eigenvalue weighted by atomic mass is 10.1. The third kappa shape index (κ3) is 3.33. The summed E-state index contributed by atoms with van der Waals surface area (Å²) in [5.74, 6) is -0.850. The highest BCUT2D eigenvalue weighted by atomic mass is 19.4. The van der Waals surface area contributed by atoms with Crippen LogP contribution in [0.5, 0.6) is 5.75 Å². The van der Waals surface area contributed by atoms with Crippen LogP contribution in [0.4, 0.5) is 17.6 Å². The van der Waals surface area contributed by atoms with Gasteiger partial charge in [0, 0.05) is 11.6 Å². The fraction of sp³-hybridized carbons (Fsp3) is 0.455. The molecule has 6 heteroatoms. The Bertz CT molecular complexity index is 390. The van der Waals surface area contributed by atoms with Crippen molar-refractivity contribution in [2.75, 3.05) is 0 Å². The van der Waals surface area contributed by atoms with E-state index < -0.39 is 24.1 Å². The molecule has 0 aliphatic heterocycles. The first kappa shape index (κ1) is 13.8. The van der Waals surface area contributed by atoms with Crippen molar-refractivity contribution < 1.29 is 22.3 Å². The molecule has 1 aromatic carbocycles. The van der Waals surface area contributed by atoms with Crippen LogP contribution in [0.15, 0.2) is 18.2 Å². The van der Waals surface area contributed by atoms with Gasteiger partial charge in [0.2, 0.25) is 0 Å². The van der Waals surface area contributed by atoms with Crippen molar-refractivity contribution in [2.45, 2.75) is 32.2 Å². The van der Waals surface area contributed by atoms with E-state index in [2.05, 4.69) is 0 Å². The van der Waals surface area contributed by atoms with Crippen molar-refractivity contribution in [2.24, 2.45) is 5.73 Å². The molecule has 0 amide bonds. The van der Waals surface area contributed by atoms with Crippen molar-refractivity contribution >= 4 is 0 Å². The molecule has 2 unspecified atom stereocenters. The lowest BCUT2D eigenvalue weighted by Gasteiger charge is -2.21. The Labute approximate surface area is 96.4 Å². The molecule has 1 aromatic rings. The summed E-state index contributed by atoms with van der Waals surface area (Å²) in [6, 6.07) is 2.93. The van der Waals surface area contributed by atoms with Gasteiger partial charge in [-0.3, -0.25) is 0 Å². The van der Waals surface area contributed by atoms with E-state index in [0.717, 1.165) is 13.0 Å². The van der Waals surface area contributed by atoms with Crippen LogP contribution < -0.4 is 10.5 Å². The topological polar surface area (TPSA) is 35.2 Å². The standard InChI is InChI=1S/C11H13F4NO/c1-6(16)10-8(12)4-3-5-9(10)17-7(2)11(13,14)15/h3-7H,16H2,1-2H3. The second kappa shape index (κ2) is 4.91. The molecule has 2 atom stereocenters. The molecular weight excluding hydrogens is 238 g/mol. The van der Waals surface area contributed by atoms with Gasteiger partial charge in [-0.15, -0.1) is 0 Å². The fourth-order valence-electron chi connectivity index (χ4n) is 1.32. The van der Waals surface area contributed by atoms with E-state index in [9.17, 15) is 17.6 Å². The van der Waals surface area contributed by atoms with Gasteiger partial charge in [-0.2, -0.15) is 13.2 Å². The Balaban J connectivity index is 3.03. The number of alkyl halides is 3. The Hall–Kier alpha value is -1.30. The summed E-state index contributed by atoms with van der Waals surface area (Å²) >= 11 is 0. The summed E-state index contributed by atoms with van der Waals surface area (Å²) in [5, 5.41) is 0. The van der Waals surface area contributed by atoms with E-state index in [1.165, 1.54) is 19.1 Å². The highest BCUT2D eigenvalue weighted by molar-refractivity contribution is 5.37. The molecule has 0 saturated carbocycles. The summed E-state index contributed by atoms with van der Waals surface area (Å²) in [5.41, 5.74) is 5.45. The molecule has 0 aliphatic carbocycles. The number of benzene rings is 1. The molecule has 0 spiro atoms. The SMILES string of the molecule is CC(N)c1c(F)cccc1OC(C)C(F)(F)F. The maximum Gasteiger partial charge on any atom is 0.425 e. The van der Waals surface area contributed by atoms with Crippen molar-refractivity contribution in [1.82, 2.24) is 0 Å². The van der Waals surface area contributed by atoms with Crippen LogP contribution in [0, 0.1) is 5.82 Å². The summed E-state index contributed by atoms with van der Waals surface area (Å²) in [6.45, 7) is 2.33. The molecular formula is C11H13F4NO. The van der Waals surface area contributed by atoms with Gasteiger partial charge in [0.25, 0.3) is 0 Å². The van der Waals surface area contributed by atoms with E-state index in [4.69, 9.17) is 10.5 Å². The van der Waals surface area contributed by atoms with Gasteiger partial charge in [0.15, 0.2) is 6.10 Å². The zero-order valence-corrected chi connectivity index (χ0v) is 9.38. The molecule has 17 heavy (non-hydrogen) atoms. The Morgan fingerprint density at radius 3 is 2.29 bits per heavy atom. The summed E-state index contributed by atoms with van der Waals surface area (Å²) in [7, 11) is 0. The summed E-state index contributed by atoms with van der Waals surface area (Å²) in [4.78, 5) is 0. The van der Waals surface area contributed by atoms with Gasteiger partial charge in [-0.1, -0.05) is 6.07 Å². The smallest absolute Gasteiger partial charge is 0.425 e. The zero-order chi connectivity index (χ0) is 13.2. The lowest BCUT2D eigenvalue weighted by molar-refractivity contribution is -0.189. The van der Waals surface area contributed by atoms with E-state index in [0.29, 0.717) is 0 Å². The van der Waals surface area contributed by atoms with Gasteiger partial charge in [-0.05, 0) is 26.0 Å². The number of rotatable bonds is 3. The number of nitrogens with two attached hydrogens (primary N) is 1. The average molecular weight is 251 g/mol. The fourth-order valence-corrected chi connectivity index (χ4v) is 1.32. The molecule has 2 N–H and O–H groups in total. The van der Waals surface area contributed by atoms with Crippen LogP contribution in [0.2, 0.25) is 0 Å². The number of hydrogen-bond acceptors (Lipinski definition) is 2. The predicted molar refractivity (Wildman–Crippen MR) is 55.1 cm³/mol. The monoisotopic (exact) mass is 251 g/mol. The predicted octanol–water partition coefficient (Wildman–Crippen LogP) is 3.18. The van der Waals surface area contributed by atoms with E-state index in [1.54, 1.807) is 0 Å². The number of hydrogen-bond donors (Lipinski definition) is 1. The van der Waals surface area contributed by atoms with Crippen molar-refractivity contribution in [1.29, 1.82) is 0 Å². The van der Waals surface area contributed by atoms with Gasteiger partial charge < -0.3 is 10.5 Å². The molecule has 0 heterocycles. The Morgan fingerprint density at radius 1 is 1.24 bits per heavy atom. The third-order valence-electron chi connectivity index (χ3n) is 2.23. The lowest BCUT2D eigenvalue weighted by Crippen LogP contribution is -2.31. The molecule has 0 aromatic heterocycles. The average Bonchev–Trinajstić information content (AvgIpc) is 2.15. The van der Waals surface area contributed by atoms with Crippen LogP contribution in [-0.4, -0.2) is 12.3 Å². The molecule has 0 radical (unpaired) electrons. The molecule has 0 aliphatic rings. The first-order chi connectivity index (χ1) is 7.73. The second-order valence-corrected chi connectivity index (χ2v) is 3.74. The van der Waals surface area contributed by atoms with Crippen LogP contribution >= 0.6 is 0 Å². The van der Waals surface area contributed by atoms with Crippen molar-refractivity contribution in [3.63, 3.8) is 0 Å². The van der Waals surface area contributed by atoms with E-state index >= 15 is 0 Å². The van der Waals surface area contributed by atoms with Crippen molar-refractivity contribution in [3.05, 3.63) is 29.6 Å². The van der Waals surface area contributed by atoms with Gasteiger partial charge in [-0.25, -0.2) is 4.39 Å². The molecule has 1 rings (SSSR count). The molecule has 0 fully saturated rings. The van der Waals surface area contributed by atoms with E-state index in [1.807, 2.05) is 0 Å². The minimum atomic E-state index is -4.50. The van der Waals surface area contributed by atoms with Gasteiger partial charge in [0.1, 0.15) is 11.6 Å². The molecule has 0 saturated heterocycles. The van der Waals surface area contributed by atoms with Crippen LogP contribution in [-0.2, 0) is 0 Å². The normalized spacial score (nSPS) is 15.5. The van der Waals surface area contributed by atoms with Crippen LogP contribution in [0.25, 0.3) is 0 Å². The Morgan fingerprint density at radius 2 is 1.82 bits per heavy atom. The second-order valence-electron chi connectivity index (χ2n) is 3.74. The summed E-state index contributed by atoms with van der Waals surface area (Å²) < 4.78 is 55.1. The first-order valence-corrected chi connectivity index (χ1v) is 5.01. The maximum absolute atomic E-state index is 13.4. The highest BCUT2D eigenvalue weighted by Crippen LogP contribution is 2.30. The van der Waals surface area contributed by atoms with E-state index in [-0.39, 0.29) is 11.3 Å². The van der Waals surface area contributed by atoms with Crippen molar-refractivity contribution in [3.8, 4) is 5.75 Å². The minimum Gasteiger partial charge on any atom is -0.481 e. The number of ether oxygens (including phenoxy) is 1. The molecule has 96 valence electrons. The van der Waals surface area contributed by atoms with Gasteiger partial charge >= 0.3 is 6.18 Å². The van der Waals surface area contributed by atoms with Gasteiger partial charge in [0.05, 0.1) is 0 Å². The third-order valence-corrected chi connectivity index (χ3v) is 2.23. The van der Waals surface area contributed by atoms with Crippen LogP contribution in [0.1, 0.15) is 25.5 Å². The summed E-state index contributed by atoms with van der Waals surface area (Å²) in [6.07, 6.45) is -6.51. The first-order valence-electron chi connectivity index (χ1n) is 5.01. The maximum atomic E-state index is 13.4. The number of halogens is 4. The Kier molecular flexibility index (Phi) is 3.98.